The highest BCUT2D eigenvalue weighted by molar-refractivity contribution is 5.73. The lowest BCUT2D eigenvalue weighted by Crippen LogP contribution is -2.37. The molecule has 0 fully saturated rings. The van der Waals surface area contributed by atoms with E-state index in [0.717, 1.165) is 18.5 Å². The molecule has 0 bridgehead atoms. The lowest BCUT2D eigenvalue weighted by Gasteiger charge is -2.20. The summed E-state index contributed by atoms with van der Waals surface area (Å²) in [5.74, 6) is -0.380. The molecule has 1 aromatic carbocycles. The highest BCUT2D eigenvalue weighted by Crippen LogP contribution is 2.29. The largest absolute Gasteiger partial charge is 0.423 e. The minimum absolute atomic E-state index is 0.0520. The third-order valence-corrected chi connectivity index (χ3v) is 2.58. The van der Waals surface area contributed by atoms with Crippen LogP contribution < -0.4 is 14.8 Å². The minimum Gasteiger partial charge on any atom is -0.423 e. The second kappa shape index (κ2) is 7.22. The van der Waals surface area contributed by atoms with Crippen LogP contribution in [0.5, 0.6) is 11.5 Å². The van der Waals surface area contributed by atoms with Gasteiger partial charge < -0.3 is 14.8 Å². The van der Waals surface area contributed by atoms with Crippen LogP contribution >= 0.6 is 0 Å². The monoisotopic (exact) mass is 293 g/mol. The first kappa shape index (κ1) is 17.2. The van der Waals surface area contributed by atoms with E-state index in [1.807, 2.05) is 6.07 Å². The zero-order valence-corrected chi connectivity index (χ0v) is 13.3. The molecule has 21 heavy (non-hydrogen) atoms. The molecule has 0 saturated carbocycles. The molecule has 5 heteroatoms. The molecular weight excluding hydrogens is 270 g/mol. The fraction of sp³-hybridized carbons (Fsp3) is 0.500. The smallest absolute Gasteiger partial charge is 0.308 e. The lowest BCUT2D eigenvalue weighted by molar-refractivity contribution is -0.134. The van der Waals surface area contributed by atoms with Gasteiger partial charge in [0.05, 0.1) is 0 Å². The van der Waals surface area contributed by atoms with Gasteiger partial charge in [-0.25, -0.2) is 0 Å². The normalized spacial score (nSPS) is 11.1. The van der Waals surface area contributed by atoms with Crippen LogP contribution in [0.4, 0.5) is 0 Å². The SMILES string of the molecule is CC(=O)Oc1ccc(CCNC(C)(C)C)cc1OC(C)=O. The number of benzene rings is 1. The van der Waals surface area contributed by atoms with Crippen LogP contribution in [0.15, 0.2) is 18.2 Å². The Morgan fingerprint density at radius 3 is 2.14 bits per heavy atom. The Bertz CT molecular complexity index is 517. The van der Waals surface area contributed by atoms with E-state index in [-0.39, 0.29) is 17.0 Å². The van der Waals surface area contributed by atoms with Gasteiger partial charge in [0.25, 0.3) is 0 Å². The first-order valence-electron chi connectivity index (χ1n) is 6.92. The van der Waals surface area contributed by atoms with Gasteiger partial charge in [-0.3, -0.25) is 9.59 Å². The maximum atomic E-state index is 11.1. The van der Waals surface area contributed by atoms with E-state index in [0.29, 0.717) is 0 Å². The summed E-state index contributed by atoms with van der Waals surface area (Å²) in [6.07, 6.45) is 0.784. The van der Waals surface area contributed by atoms with E-state index >= 15 is 0 Å². The molecule has 0 aliphatic carbocycles. The summed E-state index contributed by atoms with van der Waals surface area (Å²) >= 11 is 0. The molecule has 1 N–H and O–H groups in total. The Balaban J connectivity index is 2.83. The highest BCUT2D eigenvalue weighted by Gasteiger charge is 2.12. The fourth-order valence-electron chi connectivity index (χ4n) is 1.76. The van der Waals surface area contributed by atoms with Crippen molar-refractivity contribution in [3.8, 4) is 11.5 Å². The second-order valence-electron chi connectivity index (χ2n) is 5.90. The van der Waals surface area contributed by atoms with Gasteiger partial charge in [-0.2, -0.15) is 0 Å². The Hall–Kier alpha value is -1.88. The summed E-state index contributed by atoms with van der Waals surface area (Å²) in [6.45, 7) is 9.71. The number of carbonyl (C=O) groups is 2. The molecule has 0 aliphatic heterocycles. The Labute approximate surface area is 125 Å². The topological polar surface area (TPSA) is 64.6 Å². The molecule has 0 atom stereocenters. The molecule has 0 aliphatic rings. The van der Waals surface area contributed by atoms with Gasteiger partial charge in [-0.05, 0) is 51.4 Å². The van der Waals surface area contributed by atoms with Crippen molar-refractivity contribution in [1.29, 1.82) is 0 Å². The first-order valence-corrected chi connectivity index (χ1v) is 6.92. The van der Waals surface area contributed by atoms with E-state index in [1.54, 1.807) is 12.1 Å². The van der Waals surface area contributed by atoms with E-state index in [9.17, 15) is 9.59 Å². The average molecular weight is 293 g/mol. The Morgan fingerprint density at radius 2 is 1.62 bits per heavy atom. The van der Waals surface area contributed by atoms with Gasteiger partial charge in [-0.15, -0.1) is 0 Å². The maximum absolute atomic E-state index is 11.1. The first-order chi connectivity index (χ1) is 9.67. The van der Waals surface area contributed by atoms with Crippen molar-refractivity contribution in [2.24, 2.45) is 0 Å². The number of rotatable bonds is 5. The van der Waals surface area contributed by atoms with Gasteiger partial charge in [0.2, 0.25) is 0 Å². The molecular formula is C16H23NO4. The van der Waals surface area contributed by atoms with E-state index in [2.05, 4.69) is 26.1 Å². The number of hydrogen-bond donors (Lipinski definition) is 1. The number of hydrogen-bond acceptors (Lipinski definition) is 5. The summed E-state index contributed by atoms with van der Waals surface area (Å²) in [7, 11) is 0. The standard InChI is InChI=1S/C16H23NO4/c1-11(18)20-14-7-6-13(8-9-17-16(3,4)5)10-15(14)21-12(2)19/h6-7,10,17H,8-9H2,1-5H3. The van der Waals surface area contributed by atoms with Crippen molar-refractivity contribution in [2.75, 3.05) is 6.54 Å². The highest BCUT2D eigenvalue weighted by atomic mass is 16.6. The van der Waals surface area contributed by atoms with Crippen molar-refractivity contribution < 1.29 is 19.1 Å². The van der Waals surface area contributed by atoms with Crippen molar-refractivity contribution in [1.82, 2.24) is 5.32 Å². The van der Waals surface area contributed by atoms with Crippen LogP contribution in [0.3, 0.4) is 0 Å². The predicted molar refractivity (Wildman–Crippen MR) is 80.5 cm³/mol. The maximum Gasteiger partial charge on any atom is 0.308 e. The van der Waals surface area contributed by atoms with Crippen LogP contribution in [-0.4, -0.2) is 24.0 Å². The predicted octanol–water partition coefficient (Wildman–Crippen LogP) is 2.47. The molecule has 1 rings (SSSR count). The molecule has 116 valence electrons. The third kappa shape index (κ3) is 6.90. The molecule has 0 saturated heterocycles. The van der Waals surface area contributed by atoms with Gasteiger partial charge in [-0.1, -0.05) is 6.07 Å². The van der Waals surface area contributed by atoms with E-state index in [4.69, 9.17) is 9.47 Å². The number of carbonyl (C=O) groups excluding carboxylic acids is 2. The van der Waals surface area contributed by atoms with Crippen molar-refractivity contribution in [3.63, 3.8) is 0 Å². The van der Waals surface area contributed by atoms with Crippen LogP contribution in [0, 0.1) is 0 Å². The molecule has 0 unspecified atom stereocenters. The number of ether oxygens (including phenoxy) is 2. The molecule has 1 aromatic rings. The van der Waals surface area contributed by atoms with Crippen molar-refractivity contribution in [3.05, 3.63) is 23.8 Å². The molecule has 0 radical (unpaired) electrons. The fourth-order valence-corrected chi connectivity index (χ4v) is 1.76. The number of esters is 2. The second-order valence-corrected chi connectivity index (χ2v) is 5.90. The summed E-state index contributed by atoms with van der Waals surface area (Å²) in [6, 6.07) is 5.23. The third-order valence-electron chi connectivity index (χ3n) is 2.58. The zero-order chi connectivity index (χ0) is 16.0. The molecule has 0 aromatic heterocycles. The van der Waals surface area contributed by atoms with Crippen molar-refractivity contribution in [2.45, 2.75) is 46.6 Å². The van der Waals surface area contributed by atoms with E-state index < -0.39 is 11.9 Å². The average Bonchev–Trinajstić information content (AvgIpc) is 2.29. The quantitative estimate of drug-likeness (QED) is 0.667. The summed E-state index contributed by atoms with van der Waals surface area (Å²) in [5.41, 5.74) is 1.05. The van der Waals surface area contributed by atoms with Crippen LogP contribution in [-0.2, 0) is 16.0 Å². The molecule has 5 nitrogen and oxygen atoms in total. The van der Waals surface area contributed by atoms with Gasteiger partial charge in [0, 0.05) is 19.4 Å². The molecule has 0 amide bonds. The summed E-state index contributed by atoms with van der Waals surface area (Å²) in [4.78, 5) is 22.2. The summed E-state index contributed by atoms with van der Waals surface area (Å²) in [5, 5.41) is 3.38. The Kier molecular flexibility index (Phi) is 5.90. The van der Waals surface area contributed by atoms with Gasteiger partial charge in [0.1, 0.15) is 0 Å². The van der Waals surface area contributed by atoms with Crippen molar-refractivity contribution >= 4 is 11.9 Å². The van der Waals surface area contributed by atoms with E-state index in [1.165, 1.54) is 13.8 Å². The van der Waals surface area contributed by atoms with Gasteiger partial charge in [0.15, 0.2) is 11.5 Å². The zero-order valence-electron chi connectivity index (χ0n) is 13.3. The van der Waals surface area contributed by atoms with Crippen LogP contribution in [0.1, 0.15) is 40.2 Å². The van der Waals surface area contributed by atoms with Gasteiger partial charge >= 0.3 is 11.9 Å². The number of nitrogens with one attached hydrogen (secondary N) is 1. The summed E-state index contributed by atoms with van der Waals surface area (Å²) < 4.78 is 10.1. The van der Waals surface area contributed by atoms with Crippen LogP contribution in [0.25, 0.3) is 0 Å². The minimum atomic E-state index is -0.453. The Morgan fingerprint density at radius 1 is 1.05 bits per heavy atom. The molecule has 0 spiro atoms. The lowest BCUT2D eigenvalue weighted by atomic mass is 10.1. The van der Waals surface area contributed by atoms with Crippen LogP contribution in [0.2, 0.25) is 0 Å². The molecule has 0 heterocycles.